The van der Waals surface area contributed by atoms with E-state index in [1.807, 2.05) is 30.0 Å². The minimum Gasteiger partial charge on any atom is -0.424 e. The molecular formula is C26H26FN5O2. The molecule has 7 nitrogen and oxygen atoms in total. The second kappa shape index (κ2) is 9.21. The number of fused-ring (bicyclic) bond motifs is 1. The molecule has 2 aromatic heterocycles. The van der Waals surface area contributed by atoms with Gasteiger partial charge in [-0.25, -0.2) is 14.4 Å². The molecule has 0 bridgehead atoms. The van der Waals surface area contributed by atoms with Crippen molar-refractivity contribution >= 4 is 23.0 Å². The number of nitrogens with one attached hydrogen (secondary N) is 1. The number of benzene rings is 2. The van der Waals surface area contributed by atoms with E-state index >= 15 is 0 Å². The number of rotatable bonds is 5. The molecule has 1 amide bonds. The molecule has 5 rings (SSSR count). The molecule has 0 aliphatic carbocycles. The molecule has 174 valence electrons. The summed E-state index contributed by atoms with van der Waals surface area (Å²) in [6.45, 7) is 5.27. The molecule has 4 aromatic rings. The maximum atomic E-state index is 13.9. The van der Waals surface area contributed by atoms with E-state index in [1.54, 1.807) is 24.5 Å². The summed E-state index contributed by atoms with van der Waals surface area (Å²) < 4.78 is 19.2. The van der Waals surface area contributed by atoms with E-state index in [1.165, 1.54) is 12.1 Å². The number of carbonyl (C=O) groups is 1. The van der Waals surface area contributed by atoms with Gasteiger partial charge in [0.25, 0.3) is 11.9 Å². The molecule has 2 aromatic carbocycles. The number of amides is 1. The third-order valence-electron chi connectivity index (χ3n) is 6.40. The first-order valence-electron chi connectivity index (χ1n) is 11.5. The third kappa shape index (κ3) is 4.35. The lowest BCUT2D eigenvalue weighted by Gasteiger charge is -2.40. The van der Waals surface area contributed by atoms with Gasteiger partial charge in [0.15, 0.2) is 11.4 Å². The first-order chi connectivity index (χ1) is 16.5. The highest BCUT2D eigenvalue weighted by Crippen LogP contribution is 2.29. The minimum atomic E-state index is -0.360. The zero-order valence-corrected chi connectivity index (χ0v) is 19.2. The standard InChI is InChI=1S/C26H26FN5O2/c1-16-6-8-19(24-28-10-4-11-29-24)20(13-16)25(33)32-12-3-5-17(2)22(32)15-30-26-31-21-14-18(27)7-9-23(21)34-26/h4,6-11,13-14,17,22H,3,5,12,15H2,1-2H3,(H,30,31)/t17-,22?/m1/s1. The van der Waals surface area contributed by atoms with Crippen molar-refractivity contribution in [3.8, 4) is 11.4 Å². The van der Waals surface area contributed by atoms with Crippen LogP contribution in [0.25, 0.3) is 22.5 Å². The van der Waals surface area contributed by atoms with Crippen molar-refractivity contribution in [3.63, 3.8) is 0 Å². The average molecular weight is 460 g/mol. The van der Waals surface area contributed by atoms with E-state index in [-0.39, 0.29) is 23.7 Å². The van der Waals surface area contributed by atoms with Gasteiger partial charge in [-0.1, -0.05) is 24.6 Å². The first kappa shape index (κ1) is 22.0. The number of likely N-dealkylation sites (tertiary alicyclic amines) is 1. The van der Waals surface area contributed by atoms with Gasteiger partial charge in [-0.2, -0.15) is 4.98 Å². The van der Waals surface area contributed by atoms with Gasteiger partial charge in [0.2, 0.25) is 0 Å². The number of carbonyl (C=O) groups excluding carboxylic acids is 1. The molecular weight excluding hydrogens is 433 g/mol. The Bertz CT molecular complexity index is 1320. The number of hydrogen-bond acceptors (Lipinski definition) is 6. The Labute approximate surface area is 197 Å². The van der Waals surface area contributed by atoms with Crippen LogP contribution in [-0.2, 0) is 0 Å². The number of hydrogen-bond donors (Lipinski definition) is 1. The van der Waals surface area contributed by atoms with Gasteiger partial charge in [0, 0.05) is 37.1 Å². The fourth-order valence-corrected chi connectivity index (χ4v) is 4.60. The maximum Gasteiger partial charge on any atom is 0.295 e. The van der Waals surface area contributed by atoms with Gasteiger partial charge < -0.3 is 14.6 Å². The Morgan fingerprint density at radius 3 is 2.85 bits per heavy atom. The monoisotopic (exact) mass is 459 g/mol. The summed E-state index contributed by atoms with van der Waals surface area (Å²) >= 11 is 0. The van der Waals surface area contributed by atoms with E-state index in [0.717, 1.165) is 24.0 Å². The van der Waals surface area contributed by atoms with Crippen molar-refractivity contribution in [2.45, 2.75) is 32.7 Å². The summed E-state index contributed by atoms with van der Waals surface area (Å²) in [4.78, 5) is 28.9. The Balaban J connectivity index is 1.41. The van der Waals surface area contributed by atoms with Crippen LogP contribution >= 0.6 is 0 Å². The zero-order chi connectivity index (χ0) is 23.7. The molecule has 1 unspecified atom stereocenters. The van der Waals surface area contributed by atoms with Crippen molar-refractivity contribution in [2.75, 3.05) is 18.4 Å². The molecule has 8 heteroatoms. The quantitative estimate of drug-likeness (QED) is 0.448. The number of anilines is 1. The molecule has 34 heavy (non-hydrogen) atoms. The Kier molecular flexibility index (Phi) is 5.96. The van der Waals surface area contributed by atoms with Crippen LogP contribution in [0.5, 0.6) is 0 Å². The Morgan fingerprint density at radius 2 is 2.03 bits per heavy atom. The maximum absolute atomic E-state index is 13.9. The van der Waals surface area contributed by atoms with E-state index in [9.17, 15) is 9.18 Å². The molecule has 1 aliphatic heterocycles. The van der Waals surface area contributed by atoms with Crippen LogP contribution in [0, 0.1) is 18.7 Å². The van der Waals surface area contributed by atoms with Crippen molar-refractivity contribution < 1.29 is 13.6 Å². The number of piperidine rings is 1. The molecule has 3 heterocycles. The molecule has 1 aliphatic rings. The predicted octanol–water partition coefficient (Wildman–Crippen LogP) is 5.09. The van der Waals surface area contributed by atoms with Crippen LogP contribution in [0.3, 0.4) is 0 Å². The molecule has 1 fully saturated rings. The fourth-order valence-electron chi connectivity index (χ4n) is 4.60. The second-order valence-electron chi connectivity index (χ2n) is 8.82. The van der Waals surface area contributed by atoms with Crippen molar-refractivity contribution in [3.05, 3.63) is 71.8 Å². The van der Waals surface area contributed by atoms with Gasteiger partial charge in [-0.3, -0.25) is 4.79 Å². The first-order valence-corrected chi connectivity index (χ1v) is 11.5. The number of aryl methyl sites for hydroxylation is 1. The Morgan fingerprint density at radius 1 is 1.21 bits per heavy atom. The molecule has 0 spiro atoms. The smallest absolute Gasteiger partial charge is 0.295 e. The highest BCUT2D eigenvalue weighted by atomic mass is 19.1. The summed E-state index contributed by atoms with van der Waals surface area (Å²) in [5.74, 6) is 0.420. The van der Waals surface area contributed by atoms with E-state index < -0.39 is 0 Å². The molecule has 2 atom stereocenters. The summed E-state index contributed by atoms with van der Waals surface area (Å²) in [5.41, 5.74) is 3.30. The van der Waals surface area contributed by atoms with Crippen LogP contribution in [0.1, 0.15) is 35.7 Å². The molecule has 1 saturated heterocycles. The van der Waals surface area contributed by atoms with Crippen molar-refractivity contribution in [1.29, 1.82) is 0 Å². The fraction of sp³-hybridized carbons (Fsp3) is 0.308. The van der Waals surface area contributed by atoms with Gasteiger partial charge in [0.05, 0.1) is 11.6 Å². The molecule has 0 radical (unpaired) electrons. The van der Waals surface area contributed by atoms with Crippen LogP contribution in [0.4, 0.5) is 10.4 Å². The van der Waals surface area contributed by atoms with E-state index in [2.05, 4.69) is 27.2 Å². The lowest BCUT2D eigenvalue weighted by atomic mass is 9.89. The van der Waals surface area contributed by atoms with Gasteiger partial charge in [-0.15, -0.1) is 0 Å². The average Bonchev–Trinajstić information content (AvgIpc) is 3.25. The van der Waals surface area contributed by atoms with Crippen LogP contribution < -0.4 is 5.32 Å². The van der Waals surface area contributed by atoms with Crippen molar-refractivity contribution in [2.24, 2.45) is 5.92 Å². The number of oxazole rings is 1. The minimum absolute atomic E-state index is 0.0378. The SMILES string of the molecule is Cc1ccc(-c2ncccn2)c(C(=O)N2CCC[C@@H](C)C2CNc2nc3cc(F)ccc3o2)c1. The topological polar surface area (TPSA) is 84.2 Å². The van der Waals surface area contributed by atoms with E-state index in [0.29, 0.717) is 41.6 Å². The van der Waals surface area contributed by atoms with Crippen molar-refractivity contribution in [1.82, 2.24) is 19.9 Å². The zero-order valence-electron chi connectivity index (χ0n) is 19.2. The predicted molar refractivity (Wildman–Crippen MR) is 128 cm³/mol. The summed E-state index contributed by atoms with van der Waals surface area (Å²) in [7, 11) is 0. The van der Waals surface area contributed by atoms with Crippen LogP contribution in [-0.4, -0.2) is 44.9 Å². The van der Waals surface area contributed by atoms with Gasteiger partial charge in [0.1, 0.15) is 11.3 Å². The largest absolute Gasteiger partial charge is 0.424 e. The highest BCUT2D eigenvalue weighted by Gasteiger charge is 2.33. The molecule has 1 N–H and O–H groups in total. The van der Waals surface area contributed by atoms with Crippen LogP contribution in [0.15, 0.2) is 59.3 Å². The Hall–Kier alpha value is -3.81. The summed E-state index contributed by atoms with van der Waals surface area (Å²) in [6, 6.07) is 12.1. The number of halogens is 1. The number of nitrogens with zero attached hydrogens (tertiary/aromatic N) is 4. The summed E-state index contributed by atoms with van der Waals surface area (Å²) in [5, 5.41) is 3.23. The number of aromatic nitrogens is 3. The summed E-state index contributed by atoms with van der Waals surface area (Å²) in [6.07, 6.45) is 5.32. The normalized spacial score (nSPS) is 18.3. The second-order valence-corrected chi connectivity index (χ2v) is 8.82. The lowest BCUT2D eigenvalue weighted by Crippen LogP contribution is -2.51. The molecule has 0 saturated carbocycles. The lowest BCUT2D eigenvalue weighted by molar-refractivity contribution is 0.0540. The third-order valence-corrected chi connectivity index (χ3v) is 6.40. The van der Waals surface area contributed by atoms with Gasteiger partial charge in [-0.05, 0) is 49.9 Å². The van der Waals surface area contributed by atoms with E-state index in [4.69, 9.17) is 4.42 Å². The van der Waals surface area contributed by atoms with Gasteiger partial charge >= 0.3 is 0 Å². The highest BCUT2D eigenvalue weighted by molar-refractivity contribution is 6.00. The van der Waals surface area contributed by atoms with Crippen LogP contribution in [0.2, 0.25) is 0 Å².